The summed E-state index contributed by atoms with van der Waals surface area (Å²) in [5.74, 6) is 0.646. The number of unbranched alkanes of at least 4 members (excludes halogenated alkanes) is 1. The Bertz CT molecular complexity index is 1150. The van der Waals surface area contributed by atoms with Gasteiger partial charge in [-0.05, 0) is 53.4 Å². The number of carbonyl (C=O) groups is 2. The number of aryl methyl sites for hydroxylation is 2. The number of nitrogens with zero attached hydrogens (tertiary/aromatic N) is 5. The van der Waals surface area contributed by atoms with Crippen LogP contribution in [0.2, 0.25) is 0 Å². The Morgan fingerprint density at radius 3 is 2.44 bits per heavy atom. The fourth-order valence-electron chi connectivity index (χ4n) is 4.17. The van der Waals surface area contributed by atoms with Crippen LogP contribution in [0.1, 0.15) is 71.7 Å². The minimum absolute atomic E-state index is 0.0862. The van der Waals surface area contributed by atoms with Crippen LogP contribution in [0.5, 0.6) is 0 Å². The van der Waals surface area contributed by atoms with Crippen LogP contribution in [0.25, 0.3) is 11.2 Å². The maximum absolute atomic E-state index is 13.2. The van der Waals surface area contributed by atoms with Crippen molar-refractivity contribution >= 4 is 23.0 Å². The predicted octanol–water partition coefficient (Wildman–Crippen LogP) is 2.27. The summed E-state index contributed by atoms with van der Waals surface area (Å²) < 4.78 is 9.82. The minimum atomic E-state index is -0.614. The van der Waals surface area contributed by atoms with Crippen molar-refractivity contribution in [2.24, 2.45) is 14.1 Å². The van der Waals surface area contributed by atoms with Gasteiger partial charge in [-0.15, -0.1) is 0 Å². The number of imidazole rings is 1. The highest BCUT2D eigenvalue weighted by Crippen LogP contribution is 2.33. The summed E-state index contributed by atoms with van der Waals surface area (Å²) in [5.41, 5.74) is -0.839. The topological polar surface area (TPSA) is 108 Å². The molecule has 0 N–H and O–H groups in total. The fraction of sp³-hybridized carbons (Fsp3) is 0.682. The third kappa shape index (κ3) is 4.63. The van der Waals surface area contributed by atoms with E-state index in [9.17, 15) is 19.2 Å². The molecule has 0 aromatic carbocycles. The number of carbonyl (C=O) groups excluding carboxylic acids is 2. The SMILES string of the molecule is CC(=O)CCCCn1c(=O)c2c(nc([C@H]3CCCN3C(=O)OC(C)(C)C)n2C)n(C)c1=O. The van der Waals surface area contributed by atoms with Crippen molar-refractivity contribution in [1.82, 2.24) is 23.6 Å². The fourth-order valence-corrected chi connectivity index (χ4v) is 4.17. The molecule has 10 heteroatoms. The lowest BCUT2D eigenvalue weighted by atomic mass is 10.2. The van der Waals surface area contributed by atoms with Gasteiger partial charge in [-0.2, -0.15) is 0 Å². The van der Waals surface area contributed by atoms with Gasteiger partial charge in [-0.25, -0.2) is 14.6 Å². The van der Waals surface area contributed by atoms with Crippen LogP contribution in [0.3, 0.4) is 0 Å². The van der Waals surface area contributed by atoms with Gasteiger partial charge in [0.05, 0.1) is 6.04 Å². The van der Waals surface area contributed by atoms with Crippen LogP contribution < -0.4 is 11.2 Å². The molecule has 1 saturated heterocycles. The number of ketones is 1. The quantitative estimate of drug-likeness (QED) is 0.629. The van der Waals surface area contributed by atoms with Gasteiger partial charge in [-0.1, -0.05) is 0 Å². The highest BCUT2D eigenvalue weighted by atomic mass is 16.6. The summed E-state index contributed by atoms with van der Waals surface area (Å²) in [5, 5.41) is 0. The summed E-state index contributed by atoms with van der Waals surface area (Å²) in [4.78, 5) is 56.2. The molecule has 3 rings (SSSR count). The maximum Gasteiger partial charge on any atom is 0.410 e. The molecule has 2 aromatic heterocycles. The van der Waals surface area contributed by atoms with Gasteiger partial charge < -0.3 is 14.1 Å². The van der Waals surface area contributed by atoms with Gasteiger partial charge in [0.2, 0.25) is 0 Å². The van der Waals surface area contributed by atoms with E-state index < -0.39 is 22.9 Å². The zero-order valence-corrected chi connectivity index (χ0v) is 19.8. The molecule has 1 aliphatic heterocycles. The first-order valence-corrected chi connectivity index (χ1v) is 11.1. The third-order valence-corrected chi connectivity index (χ3v) is 5.73. The number of hydrogen-bond acceptors (Lipinski definition) is 6. The monoisotopic (exact) mass is 447 g/mol. The first kappa shape index (κ1) is 23.7. The molecule has 2 aromatic rings. The van der Waals surface area contributed by atoms with Gasteiger partial charge in [0.1, 0.15) is 17.2 Å². The van der Waals surface area contributed by atoms with Gasteiger partial charge >= 0.3 is 11.8 Å². The van der Waals surface area contributed by atoms with Gasteiger partial charge in [-0.3, -0.25) is 18.8 Å². The van der Waals surface area contributed by atoms with E-state index >= 15 is 0 Å². The molecule has 0 aliphatic carbocycles. The van der Waals surface area contributed by atoms with Crippen molar-refractivity contribution in [2.75, 3.05) is 6.54 Å². The molecule has 0 bridgehead atoms. The van der Waals surface area contributed by atoms with E-state index in [-0.39, 0.29) is 18.4 Å². The number of rotatable bonds is 6. The van der Waals surface area contributed by atoms with Crippen molar-refractivity contribution in [1.29, 1.82) is 0 Å². The van der Waals surface area contributed by atoms with Crippen molar-refractivity contribution in [3.8, 4) is 0 Å². The molecular formula is C22H33N5O5. The summed E-state index contributed by atoms with van der Waals surface area (Å²) in [6, 6.07) is -0.333. The summed E-state index contributed by atoms with van der Waals surface area (Å²) in [7, 11) is 3.33. The second kappa shape index (κ2) is 8.91. The second-order valence-electron chi connectivity index (χ2n) is 9.49. The molecule has 0 spiro atoms. The molecule has 1 fully saturated rings. The lowest BCUT2D eigenvalue weighted by Gasteiger charge is -2.28. The van der Waals surface area contributed by atoms with Crippen molar-refractivity contribution < 1.29 is 14.3 Å². The summed E-state index contributed by atoms with van der Waals surface area (Å²) in [6.07, 6.45) is 2.68. The summed E-state index contributed by atoms with van der Waals surface area (Å²) >= 11 is 0. The van der Waals surface area contributed by atoms with Gasteiger partial charge in [0, 0.05) is 33.6 Å². The third-order valence-electron chi connectivity index (χ3n) is 5.73. The molecule has 10 nitrogen and oxygen atoms in total. The molecule has 0 radical (unpaired) electrons. The van der Waals surface area contributed by atoms with Crippen LogP contribution in [-0.4, -0.2) is 47.6 Å². The lowest BCUT2D eigenvalue weighted by Crippen LogP contribution is -2.39. The summed E-state index contributed by atoms with van der Waals surface area (Å²) in [6.45, 7) is 7.77. The normalized spacial score (nSPS) is 16.7. The molecule has 0 saturated carbocycles. The van der Waals surface area contributed by atoms with Gasteiger partial charge in [0.15, 0.2) is 11.2 Å². The van der Waals surface area contributed by atoms with E-state index in [2.05, 4.69) is 4.98 Å². The molecule has 1 amide bonds. The largest absolute Gasteiger partial charge is 0.444 e. The first-order chi connectivity index (χ1) is 14.9. The Kier molecular flexibility index (Phi) is 6.61. The number of fused-ring (bicyclic) bond motifs is 1. The molecule has 0 unspecified atom stereocenters. The van der Waals surface area contributed by atoms with Crippen LogP contribution in [0.15, 0.2) is 9.59 Å². The lowest BCUT2D eigenvalue weighted by molar-refractivity contribution is -0.117. The molecule has 176 valence electrons. The van der Waals surface area contributed by atoms with Crippen LogP contribution in [-0.2, 0) is 30.2 Å². The maximum atomic E-state index is 13.2. The van der Waals surface area contributed by atoms with E-state index in [0.29, 0.717) is 49.2 Å². The smallest absolute Gasteiger partial charge is 0.410 e. The number of likely N-dealkylation sites (tertiary alicyclic amines) is 1. The van der Waals surface area contributed by atoms with Crippen LogP contribution in [0, 0.1) is 0 Å². The first-order valence-electron chi connectivity index (χ1n) is 11.1. The number of Topliss-reactive ketones (excluding diaryl/α,β-unsaturated/α-hetero) is 1. The van der Waals surface area contributed by atoms with E-state index in [1.807, 2.05) is 20.8 Å². The minimum Gasteiger partial charge on any atom is -0.444 e. The predicted molar refractivity (Wildman–Crippen MR) is 120 cm³/mol. The highest BCUT2D eigenvalue weighted by Gasteiger charge is 2.36. The zero-order valence-electron chi connectivity index (χ0n) is 19.8. The Hall–Kier alpha value is -2.91. The number of amides is 1. The van der Waals surface area contributed by atoms with Crippen molar-refractivity contribution in [2.45, 2.75) is 78.0 Å². The molecule has 1 aliphatic rings. The van der Waals surface area contributed by atoms with E-state index in [4.69, 9.17) is 4.74 Å². The molecular weight excluding hydrogens is 414 g/mol. The van der Waals surface area contributed by atoms with Crippen LogP contribution >= 0.6 is 0 Å². The van der Waals surface area contributed by atoms with Crippen molar-refractivity contribution in [3.05, 3.63) is 26.7 Å². The molecule has 3 heterocycles. The number of aromatic nitrogens is 4. The van der Waals surface area contributed by atoms with E-state index in [1.165, 1.54) is 16.1 Å². The highest BCUT2D eigenvalue weighted by molar-refractivity contribution is 5.75. The number of hydrogen-bond donors (Lipinski definition) is 0. The Morgan fingerprint density at radius 1 is 1.12 bits per heavy atom. The van der Waals surface area contributed by atoms with E-state index in [1.54, 1.807) is 23.6 Å². The Morgan fingerprint density at radius 2 is 1.81 bits per heavy atom. The van der Waals surface area contributed by atoms with Gasteiger partial charge in [0.25, 0.3) is 5.56 Å². The van der Waals surface area contributed by atoms with E-state index in [0.717, 1.165) is 6.42 Å². The van der Waals surface area contributed by atoms with Crippen molar-refractivity contribution in [3.63, 3.8) is 0 Å². The standard InChI is InChI=1S/C22H33N5O5/c1-14(28)10-7-8-12-27-19(29)16-18(25(6)20(27)30)23-17(24(16)5)15-11-9-13-26(15)21(31)32-22(2,3)4/h15H,7-13H2,1-6H3/t15-/m1/s1. The zero-order chi connectivity index (χ0) is 23.8. The molecule has 32 heavy (non-hydrogen) atoms. The average Bonchev–Trinajstić information content (AvgIpc) is 3.28. The Balaban J connectivity index is 1.99. The molecule has 1 atom stereocenters. The second-order valence-corrected chi connectivity index (χ2v) is 9.49. The average molecular weight is 448 g/mol. The Labute approximate surface area is 186 Å². The number of ether oxygens (including phenoxy) is 1. The van der Waals surface area contributed by atoms with Crippen LogP contribution in [0.4, 0.5) is 4.79 Å².